The molecule has 19 heavy (non-hydrogen) atoms. The Balaban J connectivity index is 2.38. The largest absolute Gasteiger partial charge is 0.480 e. The highest BCUT2D eigenvalue weighted by Crippen LogP contribution is 2.36. The van der Waals surface area contributed by atoms with Crippen LogP contribution in [0.2, 0.25) is 0 Å². The first-order valence-corrected chi connectivity index (χ1v) is 6.43. The van der Waals surface area contributed by atoms with Crippen molar-refractivity contribution < 1.29 is 23.1 Å². The van der Waals surface area contributed by atoms with Gasteiger partial charge in [0.2, 0.25) is 0 Å². The molecule has 1 aliphatic rings. The number of aliphatic carboxylic acids is 1. The Labute approximate surface area is 110 Å². The molecular formula is C12H21F3N2O2. The van der Waals surface area contributed by atoms with E-state index >= 15 is 0 Å². The van der Waals surface area contributed by atoms with Gasteiger partial charge < -0.3 is 15.7 Å². The average Bonchev–Trinajstić information content (AvgIpc) is 2.66. The molecule has 0 amide bonds. The number of hydrogen-bond acceptors (Lipinski definition) is 3. The van der Waals surface area contributed by atoms with Gasteiger partial charge in [0.15, 0.2) is 0 Å². The third-order valence-corrected chi connectivity index (χ3v) is 3.91. The number of alkyl halides is 3. The summed E-state index contributed by atoms with van der Waals surface area (Å²) in [5, 5.41) is 9.13. The van der Waals surface area contributed by atoms with Crippen molar-refractivity contribution in [2.45, 2.75) is 43.8 Å². The summed E-state index contributed by atoms with van der Waals surface area (Å²) < 4.78 is 36.2. The van der Waals surface area contributed by atoms with E-state index in [1.807, 2.05) is 0 Å². The monoisotopic (exact) mass is 282 g/mol. The molecular weight excluding hydrogens is 261 g/mol. The Bertz CT molecular complexity index is 323. The fourth-order valence-corrected chi connectivity index (χ4v) is 2.59. The van der Waals surface area contributed by atoms with Crippen LogP contribution in [0.5, 0.6) is 0 Å². The zero-order chi connectivity index (χ0) is 14.7. The molecule has 0 aromatic heterocycles. The summed E-state index contributed by atoms with van der Waals surface area (Å²) in [5.41, 5.74) is 4.67. The third kappa shape index (κ3) is 4.65. The zero-order valence-electron chi connectivity index (χ0n) is 11.0. The molecule has 0 aromatic carbocycles. The molecule has 0 heterocycles. The van der Waals surface area contributed by atoms with Gasteiger partial charge in [0.1, 0.15) is 5.54 Å². The first-order chi connectivity index (χ1) is 8.65. The molecule has 0 bridgehead atoms. The van der Waals surface area contributed by atoms with Gasteiger partial charge in [0.05, 0.1) is 6.42 Å². The summed E-state index contributed by atoms with van der Waals surface area (Å²) in [5.74, 6) is -1.16. The molecule has 1 saturated carbocycles. The Kier molecular flexibility index (Phi) is 5.20. The Hall–Kier alpha value is -0.820. The van der Waals surface area contributed by atoms with Gasteiger partial charge in [-0.15, -0.1) is 0 Å². The normalized spacial score (nSPS) is 28.0. The topological polar surface area (TPSA) is 66.6 Å². The second-order valence-electron chi connectivity index (χ2n) is 5.39. The summed E-state index contributed by atoms with van der Waals surface area (Å²) >= 11 is 0. The summed E-state index contributed by atoms with van der Waals surface area (Å²) in [4.78, 5) is 12.7. The third-order valence-electron chi connectivity index (χ3n) is 3.91. The standard InChI is InChI=1S/C12H21F3N2O2/c1-17(8-6-12(13,14)15)7-4-9-3-2-5-11(9,16)10(18)19/h9H,2-8,16H2,1H3,(H,18,19). The molecule has 4 nitrogen and oxygen atoms in total. The highest BCUT2D eigenvalue weighted by atomic mass is 19.4. The Morgan fingerprint density at radius 1 is 1.47 bits per heavy atom. The molecule has 0 saturated heterocycles. The Morgan fingerprint density at radius 2 is 2.11 bits per heavy atom. The van der Waals surface area contributed by atoms with Gasteiger partial charge in [-0.2, -0.15) is 13.2 Å². The quantitative estimate of drug-likeness (QED) is 0.780. The van der Waals surface area contributed by atoms with E-state index in [4.69, 9.17) is 10.8 Å². The lowest BCUT2D eigenvalue weighted by Crippen LogP contribution is -2.51. The molecule has 0 aliphatic heterocycles. The van der Waals surface area contributed by atoms with Crippen LogP contribution in [0.25, 0.3) is 0 Å². The summed E-state index contributed by atoms with van der Waals surface area (Å²) in [6.45, 7) is 0.369. The van der Waals surface area contributed by atoms with E-state index < -0.39 is 24.1 Å². The zero-order valence-corrected chi connectivity index (χ0v) is 11.0. The van der Waals surface area contributed by atoms with Crippen LogP contribution in [0.4, 0.5) is 13.2 Å². The van der Waals surface area contributed by atoms with E-state index in [1.54, 1.807) is 11.9 Å². The molecule has 1 rings (SSSR count). The van der Waals surface area contributed by atoms with Crippen molar-refractivity contribution in [3.63, 3.8) is 0 Å². The van der Waals surface area contributed by atoms with Crippen molar-refractivity contribution in [2.75, 3.05) is 20.1 Å². The van der Waals surface area contributed by atoms with Gasteiger partial charge in [-0.25, -0.2) is 0 Å². The molecule has 0 aromatic rings. The first-order valence-electron chi connectivity index (χ1n) is 6.43. The summed E-state index contributed by atoms with van der Waals surface area (Å²) in [6.07, 6.45) is -2.53. The van der Waals surface area contributed by atoms with Crippen LogP contribution < -0.4 is 5.73 Å². The van der Waals surface area contributed by atoms with E-state index in [9.17, 15) is 18.0 Å². The SMILES string of the molecule is CN(CCC1CCCC1(N)C(=O)O)CCC(F)(F)F. The predicted octanol–water partition coefficient (Wildman–Crippen LogP) is 1.84. The molecule has 2 unspecified atom stereocenters. The maximum Gasteiger partial charge on any atom is 0.390 e. The van der Waals surface area contributed by atoms with Crippen molar-refractivity contribution in [2.24, 2.45) is 11.7 Å². The van der Waals surface area contributed by atoms with Crippen molar-refractivity contribution in [3.05, 3.63) is 0 Å². The maximum atomic E-state index is 12.1. The van der Waals surface area contributed by atoms with Gasteiger partial charge in [-0.3, -0.25) is 4.79 Å². The van der Waals surface area contributed by atoms with Crippen LogP contribution in [-0.2, 0) is 4.79 Å². The van der Waals surface area contributed by atoms with Crippen LogP contribution in [0.15, 0.2) is 0 Å². The van der Waals surface area contributed by atoms with Crippen LogP contribution >= 0.6 is 0 Å². The summed E-state index contributed by atoms with van der Waals surface area (Å²) in [7, 11) is 1.61. The maximum absolute atomic E-state index is 12.1. The average molecular weight is 282 g/mol. The van der Waals surface area contributed by atoms with Gasteiger partial charge in [0.25, 0.3) is 0 Å². The second-order valence-corrected chi connectivity index (χ2v) is 5.39. The van der Waals surface area contributed by atoms with Crippen molar-refractivity contribution in [1.29, 1.82) is 0 Å². The second kappa shape index (κ2) is 6.09. The first kappa shape index (κ1) is 16.2. The number of halogens is 3. The van der Waals surface area contributed by atoms with Crippen LogP contribution in [0.1, 0.15) is 32.1 Å². The minimum Gasteiger partial charge on any atom is -0.480 e. The fourth-order valence-electron chi connectivity index (χ4n) is 2.59. The number of hydrogen-bond donors (Lipinski definition) is 2. The molecule has 7 heteroatoms. The molecule has 0 radical (unpaired) electrons. The lowest BCUT2D eigenvalue weighted by atomic mass is 9.85. The van der Waals surface area contributed by atoms with Gasteiger partial charge >= 0.3 is 12.1 Å². The van der Waals surface area contributed by atoms with Gasteiger partial charge in [-0.1, -0.05) is 6.42 Å². The molecule has 1 aliphatic carbocycles. The predicted molar refractivity (Wildman–Crippen MR) is 64.7 cm³/mol. The number of nitrogens with zero attached hydrogens (tertiary/aromatic N) is 1. The van der Waals surface area contributed by atoms with Crippen molar-refractivity contribution >= 4 is 5.97 Å². The number of carboxylic acid groups (broad SMARTS) is 1. The minimum absolute atomic E-state index is 0.0686. The van der Waals surface area contributed by atoms with Crippen LogP contribution in [0.3, 0.4) is 0 Å². The lowest BCUT2D eigenvalue weighted by Gasteiger charge is -2.28. The van der Waals surface area contributed by atoms with E-state index in [0.29, 0.717) is 19.4 Å². The van der Waals surface area contributed by atoms with Crippen molar-refractivity contribution in [1.82, 2.24) is 4.90 Å². The molecule has 2 atom stereocenters. The molecule has 1 fully saturated rings. The fraction of sp³-hybridized carbons (Fsp3) is 0.917. The van der Waals surface area contributed by atoms with E-state index in [1.165, 1.54) is 0 Å². The van der Waals surface area contributed by atoms with Gasteiger partial charge in [-0.05, 0) is 38.8 Å². The minimum atomic E-state index is -4.15. The number of carboxylic acids is 1. The van der Waals surface area contributed by atoms with Crippen molar-refractivity contribution in [3.8, 4) is 0 Å². The van der Waals surface area contributed by atoms with Crippen LogP contribution in [0, 0.1) is 5.92 Å². The van der Waals surface area contributed by atoms with Crippen LogP contribution in [-0.4, -0.2) is 47.8 Å². The number of nitrogens with two attached hydrogens (primary N) is 1. The number of rotatable bonds is 6. The smallest absolute Gasteiger partial charge is 0.390 e. The summed E-state index contributed by atoms with van der Waals surface area (Å²) in [6, 6.07) is 0. The van der Waals surface area contributed by atoms with Gasteiger partial charge in [0, 0.05) is 6.54 Å². The van der Waals surface area contributed by atoms with E-state index in [0.717, 1.165) is 12.8 Å². The molecule has 112 valence electrons. The van der Waals surface area contributed by atoms with E-state index in [-0.39, 0.29) is 12.5 Å². The van der Waals surface area contributed by atoms with E-state index in [2.05, 4.69) is 0 Å². The molecule has 3 N–H and O–H groups in total. The molecule has 0 spiro atoms. The lowest BCUT2D eigenvalue weighted by molar-refractivity contribution is -0.144. The number of carbonyl (C=O) groups is 1. The highest BCUT2D eigenvalue weighted by Gasteiger charge is 2.45. The Morgan fingerprint density at radius 3 is 2.63 bits per heavy atom. The highest BCUT2D eigenvalue weighted by molar-refractivity contribution is 5.79.